The first-order valence-electron chi connectivity index (χ1n) is 13.3. The maximum absolute atomic E-state index is 13.8. The summed E-state index contributed by atoms with van der Waals surface area (Å²) in [5.74, 6) is -1.91. The van der Waals surface area contributed by atoms with E-state index in [1.807, 2.05) is 52.8 Å². The standard InChI is InChI=1S/C29H45N3O5/c1-8-28(5,6)24(27(36)37-32-22(19(2)3)18-20(4)26(34)35)31-25(33)23(30-7)29(16-12-13-17-29)21-14-10-9-11-15-21/h9-11,14-15,18-19,22-24,30,32H,8,12-13,16-17H2,1-7H3,(H,31,33)(H,34,35)/b20-18+/t22?,23-,24?/m1/s1. The molecule has 0 radical (unpaired) electrons. The van der Waals surface area contributed by atoms with Crippen LogP contribution in [0.3, 0.4) is 0 Å². The van der Waals surface area contributed by atoms with Crippen molar-refractivity contribution in [3.63, 3.8) is 0 Å². The van der Waals surface area contributed by atoms with Gasteiger partial charge in [0.1, 0.15) is 6.04 Å². The van der Waals surface area contributed by atoms with Gasteiger partial charge in [0.2, 0.25) is 5.91 Å². The summed E-state index contributed by atoms with van der Waals surface area (Å²) >= 11 is 0. The molecule has 1 saturated carbocycles. The number of carboxylic acids is 1. The molecule has 3 atom stereocenters. The zero-order chi connectivity index (χ0) is 27.8. The van der Waals surface area contributed by atoms with Gasteiger partial charge in [-0.25, -0.2) is 9.59 Å². The van der Waals surface area contributed by atoms with Crippen LogP contribution in [0.2, 0.25) is 0 Å². The molecule has 8 nitrogen and oxygen atoms in total. The van der Waals surface area contributed by atoms with Crippen molar-refractivity contribution in [2.75, 3.05) is 7.05 Å². The number of nitrogens with one attached hydrogen (secondary N) is 3. The molecule has 0 bridgehead atoms. The Balaban J connectivity index is 2.28. The molecular formula is C29H45N3O5. The minimum Gasteiger partial charge on any atom is -0.478 e. The summed E-state index contributed by atoms with van der Waals surface area (Å²) in [6, 6.07) is 8.21. The molecule has 8 heteroatoms. The van der Waals surface area contributed by atoms with Gasteiger partial charge in [0.05, 0.1) is 12.1 Å². The normalized spacial score (nSPS) is 18.2. The Morgan fingerprint density at radius 1 is 1.14 bits per heavy atom. The molecule has 37 heavy (non-hydrogen) atoms. The van der Waals surface area contributed by atoms with Crippen molar-refractivity contribution < 1.29 is 24.3 Å². The van der Waals surface area contributed by atoms with E-state index in [1.165, 1.54) is 13.0 Å². The number of carboxylic acid groups (broad SMARTS) is 1. The molecular weight excluding hydrogens is 470 g/mol. The Kier molecular flexibility index (Phi) is 10.9. The van der Waals surface area contributed by atoms with Crippen molar-refractivity contribution in [2.24, 2.45) is 11.3 Å². The number of benzene rings is 1. The van der Waals surface area contributed by atoms with Gasteiger partial charge < -0.3 is 20.6 Å². The molecule has 4 N–H and O–H groups in total. The summed E-state index contributed by atoms with van der Waals surface area (Å²) in [7, 11) is 1.79. The van der Waals surface area contributed by atoms with Crippen LogP contribution in [-0.2, 0) is 24.6 Å². The molecule has 1 amide bonds. The lowest BCUT2D eigenvalue weighted by molar-refractivity contribution is -0.160. The van der Waals surface area contributed by atoms with Gasteiger partial charge in [-0.1, -0.05) is 83.9 Å². The van der Waals surface area contributed by atoms with Crippen LogP contribution in [0.4, 0.5) is 0 Å². The van der Waals surface area contributed by atoms with Crippen molar-refractivity contribution in [1.29, 1.82) is 0 Å². The number of carbonyl (C=O) groups excluding carboxylic acids is 2. The van der Waals surface area contributed by atoms with Gasteiger partial charge in [0, 0.05) is 11.0 Å². The summed E-state index contributed by atoms with van der Waals surface area (Å²) in [5, 5.41) is 15.5. The third-order valence-corrected chi connectivity index (χ3v) is 7.94. The van der Waals surface area contributed by atoms with E-state index in [4.69, 9.17) is 4.84 Å². The second kappa shape index (κ2) is 13.2. The molecule has 1 fully saturated rings. The van der Waals surface area contributed by atoms with E-state index in [2.05, 4.69) is 28.2 Å². The Bertz CT molecular complexity index is 952. The smallest absolute Gasteiger partial charge is 0.347 e. The Labute approximate surface area is 221 Å². The van der Waals surface area contributed by atoms with Crippen LogP contribution in [0, 0.1) is 11.3 Å². The topological polar surface area (TPSA) is 117 Å². The lowest BCUT2D eigenvalue weighted by atomic mass is 9.72. The highest BCUT2D eigenvalue weighted by atomic mass is 16.7. The van der Waals surface area contributed by atoms with Crippen LogP contribution in [0.5, 0.6) is 0 Å². The van der Waals surface area contributed by atoms with Gasteiger partial charge in [-0.3, -0.25) is 4.79 Å². The number of hydrogen-bond acceptors (Lipinski definition) is 6. The summed E-state index contributed by atoms with van der Waals surface area (Å²) in [6.45, 7) is 11.1. The lowest BCUT2D eigenvalue weighted by Crippen LogP contribution is -2.60. The van der Waals surface area contributed by atoms with Crippen LogP contribution < -0.4 is 16.1 Å². The average molecular weight is 516 g/mol. The molecule has 2 unspecified atom stereocenters. The van der Waals surface area contributed by atoms with Gasteiger partial charge in [-0.15, -0.1) is 5.48 Å². The molecule has 0 spiro atoms. The fourth-order valence-corrected chi connectivity index (χ4v) is 5.07. The molecule has 0 aliphatic heterocycles. The number of hydroxylamine groups is 1. The third kappa shape index (κ3) is 7.42. The second-order valence-corrected chi connectivity index (χ2v) is 11.2. The quantitative estimate of drug-likeness (QED) is 0.231. The Hall–Kier alpha value is -2.71. The van der Waals surface area contributed by atoms with E-state index < -0.39 is 35.5 Å². The molecule has 0 heterocycles. The van der Waals surface area contributed by atoms with Gasteiger partial charge in [0.25, 0.3) is 0 Å². The van der Waals surface area contributed by atoms with Crippen molar-refractivity contribution >= 4 is 17.8 Å². The SMILES string of the molecule is CCC(C)(C)C(NC(=O)[C@@H](NC)C1(c2ccccc2)CCCC1)C(=O)ONC(/C=C(\C)C(=O)O)C(C)C. The first-order chi connectivity index (χ1) is 17.4. The fourth-order valence-electron chi connectivity index (χ4n) is 5.07. The van der Waals surface area contributed by atoms with Gasteiger partial charge in [-0.05, 0) is 50.1 Å². The predicted molar refractivity (Wildman–Crippen MR) is 145 cm³/mol. The molecule has 1 aliphatic rings. The van der Waals surface area contributed by atoms with Gasteiger partial charge in [-0.2, -0.15) is 0 Å². The minimum absolute atomic E-state index is 0.0314. The highest BCUT2D eigenvalue weighted by Crippen LogP contribution is 2.44. The van der Waals surface area contributed by atoms with Crippen molar-refractivity contribution in [1.82, 2.24) is 16.1 Å². The minimum atomic E-state index is -1.03. The molecule has 206 valence electrons. The summed E-state index contributed by atoms with van der Waals surface area (Å²) in [4.78, 5) is 43.9. The van der Waals surface area contributed by atoms with Crippen molar-refractivity contribution in [3.8, 4) is 0 Å². The van der Waals surface area contributed by atoms with Crippen molar-refractivity contribution in [3.05, 3.63) is 47.5 Å². The number of rotatable bonds is 13. The van der Waals surface area contributed by atoms with E-state index in [0.717, 1.165) is 31.2 Å². The van der Waals surface area contributed by atoms with E-state index in [0.29, 0.717) is 6.42 Å². The number of amides is 1. The van der Waals surface area contributed by atoms with E-state index >= 15 is 0 Å². The molecule has 1 aromatic rings. The molecule has 0 saturated heterocycles. The first kappa shape index (κ1) is 30.5. The number of likely N-dealkylation sites (N-methyl/N-ethyl adjacent to an activating group) is 1. The molecule has 2 rings (SSSR count). The predicted octanol–water partition coefficient (Wildman–Crippen LogP) is 4.11. The number of aliphatic carboxylic acids is 1. The maximum atomic E-state index is 13.8. The monoisotopic (exact) mass is 515 g/mol. The largest absolute Gasteiger partial charge is 0.478 e. The highest BCUT2D eigenvalue weighted by molar-refractivity contribution is 5.89. The van der Waals surface area contributed by atoms with Gasteiger partial charge >= 0.3 is 11.9 Å². The summed E-state index contributed by atoms with van der Waals surface area (Å²) in [6.07, 6.45) is 6.00. The average Bonchev–Trinajstić information content (AvgIpc) is 3.36. The second-order valence-electron chi connectivity index (χ2n) is 11.2. The summed E-state index contributed by atoms with van der Waals surface area (Å²) in [5.41, 5.74) is 3.07. The zero-order valence-corrected chi connectivity index (χ0v) is 23.4. The van der Waals surface area contributed by atoms with Gasteiger partial charge in [0.15, 0.2) is 0 Å². The number of hydrogen-bond donors (Lipinski definition) is 4. The summed E-state index contributed by atoms with van der Waals surface area (Å²) < 4.78 is 0. The van der Waals surface area contributed by atoms with E-state index in [1.54, 1.807) is 7.05 Å². The van der Waals surface area contributed by atoms with Crippen LogP contribution in [0.15, 0.2) is 42.0 Å². The molecule has 1 aliphatic carbocycles. The van der Waals surface area contributed by atoms with E-state index in [9.17, 15) is 19.5 Å². The van der Waals surface area contributed by atoms with Crippen LogP contribution in [0.1, 0.15) is 79.2 Å². The third-order valence-electron chi connectivity index (χ3n) is 7.94. The highest BCUT2D eigenvalue weighted by Gasteiger charge is 2.47. The number of carbonyl (C=O) groups is 3. The zero-order valence-electron chi connectivity index (χ0n) is 23.4. The lowest BCUT2D eigenvalue weighted by Gasteiger charge is -2.39. The fraction of sp³-hybridized carbons (Fsp3) is 0.621. The Morgan fingerprint density at radius 2 is 1.73 bits per heavy atom. The van der Waals surface area contributed by atoms with Crippen LogP contribution >= 0.6 is 0 Å². The van der Waals surface area contributed by atoms with Crippen LogP contribution in [0.25, 0.3) is 0 Å². The van der Waals surface area contributed by atoms with Crippen molar-refractivity contribution in [2.45, 2.75) is 97.2 Å². The molecule has 1 aromatic carbocycles. The molecule has 0 aromatic heterocycles. The Morgan fingerprint density at radius 3 is 2.22 bits per heavy atom. The van der Waals surface area contributed by atoms with Crippen LogP contribution in [-0.4, -0.2) is 48.1 Å². The maximum Gasteiger partial charge on any atom is 0.347 e. The van der Waals surface area contributed by atoms with E-state index in [-0.39, 0.29) is 22.8 Å². The first-order valence-corrected chi connectivity index (χ1v) is 13.3.